The monoisotopic (exact) mass is 355 g/mol. The number of carboxylic acid groups (broad SMARTS) is 1. The van der Waals surface area contributed by atoms with E-state index in [4.69, 9.17) is 9.31 Å². The van der Waals surface area contributed by atoms with Crippen LogP contribution in [0.3, 0.4) is 0 Å². The lowest BCUT2D eigenvalue weighted by Crippen LogP contribution is -2.41. The number of hydrogen-bond acceptors (Lipinski definition) is 4. The van der Waals surface area contributed by atoms with Crippen molar-refractivity contribution in [3.63, 3.8) is 0 Å². The lowest BCUT2D eigenvalue weighted by Gasteiger charge is -2.32. The molecule has 1 fully saturated rings. The van der Waals surface area contributed by atoms with Gasteiger partial charge in [-0.15, -0.1) is 0 Å². The fourth-order valence-electron chi connectivity index (χ4n) is 2.21. The molecule has 5 nitrogen and oxygen atoms in total. The van der Waals surface area contributed by atoms with Crippen LogP contribution in [0.15, 0.2) is 22.8 Å². The predicted molar refractivity (Wildman–Crippen MR) is 83.0 cm³/mol. The summed E-state index contributed by atoms with van der Waals surface area (Å²) in [6.45, 7) is 7.77. The molecule has 1 N–H and O–H groups in total. The van der Waals surface area contributed by atoms with Crippen LogP contribution in [0.25, 0.3) is 0 Å². The Morgan fingerprint density at radius 2 is 1.90 bits per heavy atom. The maximum atomic E-state index is 11.2. The molecule has 2 heterocycles. The van der Waals surface area contributed by atoms with Crippen molar-refractivity contribution in [3.05, 3.63) is 28.5 Å². The highest BCUT2D eigenvalue weighted by atomic mass is 79.9. The van der Waals surface area contributed by atoms with Gasteiger partial charge in [-0.2, -0.15) is 0 Å². The number of aliphatic carboxylic acids is 1. The number of nitrogens with zero attached hydrogens (tertiary/aromatic N) is 1. The summed E-state index contributed by atoms with van der Waals surface area (Å²) in [5.74, 6) is -1.36. The summed E-state index contributed by atoms with van der Waals surface area (Å²) in [4.78, 5) is 15.6. The average molecular weight is 356 g/mol. The third kappa shape index (κ3) is 3.47. The molecule has 0 amide bonds. The van der Waals surface area contributed by atoms with E-state index in [1.807, 2.05) is 33.8 Å². The van der Waals surface area contributed by atoms with Gasteiger partial charge in [-0.05, 0) is 55.8 Å². The van der Waals surface area contributed by atoms with Gasteiger partial charge < -0.3 is 14.4 Å². The van der Waals surface area contributed by atoms with Gasteiger partial charge in [-0.1, -0.05) is 6.07 Å². The highest BCUT2D eigenvalue weighted by Crippen LogP contribution is 2.41. The third-order valence-electron chi connectivity index (χ3n) is 4.11. The zero-order chi connectivity index (χ0) is 15.8. The summed E-state index contributed by atoms with van der Waals surface area (Å²) in [5, 5.41) is 9.18. The van der Waals surface area contributed by atoms with E-state index in [1.54, 1.807) is 12.1 Å². The average Bonchev–Trinajstić information content (AvgIpc) is 2.55. The first-order valence-electron chi connectivity index (χ1n) is 6.82. The fraction of sp³-hybridized carbons (Fsp3) is 0.571. The summed E-state index contributed by atoms with van der Waals surface area (Å²) in [6.07, 6.45) is -0.0969. The summed E-state index contributed by atoms with van der Waals surface area (Å²) in [7, 11) is -0.632. The van der Waals surface area contributed by atoms with E-state index in [0.717, 1.165) is 0 Å². The molecule has 1 saturated heterocycles. The second-order valence-electron chi connectivity index (χ2n) is 6.21. The van der Waals surface area contributed by atoms with E-state index in [9.17, 15) is 9.90 Å². The van der Waals surface area contributed by atoms with E-state index in [1.165, 1.54) is 0 Å². The maximum Gasteiger partial charge on any atom is 0.468 e. The van der Waals surface area contributed by atoms with Crippen molar-refractivity contribution in [3.8, 4) is 0 Å². The highest BCUT2D eigenvalue weighted by molar-refractivity contribution is 9.10. The van der Waals surface area contributed by atoms with Crippen LogP contribution < -0.4 is 0 Å². The summed E-state index contributed by atoms with van der Waals surface area (Å²) < 4.78 is 12.6. The smallest absolute Gasteiger partial charge is 0.468 e. The van der Waals surface area contributed by atoms with Crippen LogP contribution in [0.5, 0.6) is 0 Å². The Morgan fingerprint density at radius 3 is 2.38 bits per heavy atom. The molecule has 1 aromatic rings. The third-order valence-corrected chi connectivity index (χ3v) is 4.55. The van der Waals surface area contributed by atoms with E-state index in [-0.39, 0.29) is 6.42 Å². The number of carbonyl (C=O) groups is 1. The second-order valence-corrected chi connectivity index (χ2v) is 7.03. The molecule has 1 atom stereocenters. The van der Waals surface area contributed by atoms with Gasteiger partial charge in [0.2, 0.25) is 0 Å². The molecule has 21 heavy (non-hydrogen) atoms. The number of pyridine rings is 1. The first-order chi connectivity index (χ1) is 9.62. The predicted octanol–water partition coefficient (Wildman–Crippen LogP) is 3.03. The molecular weight excluding hydrogens is 337 g/mol. The largest absolute Gasteiger partial charge is 0.481 e. The van der Waals surface area contributed by atoms with E-state index < -0.39 is 30.1 Å². The molecule has 1 aromatic heterocycles. The maximum absolute atomic E-state index is 11.2. The topological polar surface area (TPSA) is 68.7 Å². The normalized spacial score (nSPS) is 21.3. The molecule has 114 valence electrons. The van der Waals surface area contributed by atoms with Crippen LogP contribution in [0, 0.1) is 0 Å². The Balaban J connectivity index is 2.32. The second kappa shape index (κ2) is 5.70. The van der Waals surface area contributed by atoms with Crippen LogP contribution in [0.1, 0.15) is 45.6 Å². The van der Waals surface area contributed by atoms with Crippen LogP contribution in [-0.2, 0) is 14.1 Å². The fourth-order valence-corrected chi connectivity index (χ4v) is 2.57. The van der Waals surface area contributed by atoms with Crippen LogP contribution >= 0.6 is 15.9 Å². The molecule has 0 aliphatic carbocycles. The minimum Gasteiger partial charge on any atom is -0.481 e. The van der Waals surface area contributed by atoms with Crippen LogP contribution in [-0.4, -0.2) is 34.4 Å². The number of hydrogen-bond donors (Lipinski definition) is 1. The Morgan fingerprint density at radius 1 is 1.33 bits per heavy atom. The molecule has 1 aliphatic heterocycles. The van der Waals surface area contributed by atoms with Gasteiger partial charge in [-0.25, -0.2) is 4.98 Å². The summed E-state index contributed by atoms with van der Waals surface area (Å²) in [6, 6.07) is 5.42. The molecular formula is C14H19BBrNO4. The molecule has 2 rings (SSSR count). The van der Waals surface area contributed by atoms with Gasteiger partial charge in [0.1, 0.15) is 4.60 Å². The highest BCUT2D eigenvalue weighted by Gasteiger charge is 2.54. The summed E-state index contributed by atoms with van der Waals surface area (Å²) >= 11 is 3.31. The van der Waals surface area contributed by atoms with Gasteiger partial charge in [0.15, 0.2) is 0 Å². The van der Waals surface area contributed by atoms with E-state index in [2.05, 4.69) is 20.9 Å². The minimum absolute atomic E-state index is 0.0969. The van der Waals surface area contributed by atoms with Crippen molar-refractivity contribution in [2.45, 2.75) is 51.1 Å². The lowest BCUT2D eigenvalue weighted by atomic mass is 9.68. The molecule has 1 aliphatic rings. The Hall–Kier alpha value is -0.915. The van der Waals surface area contributed by atoms with Crippen molar-refractivity contribution in [2.75, 3.05) is 0 Å². The minimum atomic E-state index is -0.906. The molecule has 1 unspecified atom stereocenters. The van der Waals surface area contributed by atoms with Gasteiger partial charge >= 0.3 is 13.1 Å². The Bertz CT molecular complexity index is 534. The zero-order valence-electron chi connectivity index (χ0n) is 12.6. The van der Waals surface area contributed by atoms with Crippen molar-refractivity contribution in [1.82, 2.24) is 4.98 Å². The van der Waals surface area contributed by atoms with Crippen molar-refractivity contribution in [2.24, 2.45) is 0 Å². The number of rotatable bonds is 4. The van der Waals surface area contributed by atoms with Crippen molar-refractivity contribution in [1.29, 1.82) is 0 Å². The van der Waals surface area contributed by atoms with Gasteiger partial charge in [0.05, 0.1) is 17.6 Å². The van der Waals surface area contributed by atoms with Crippen LogP contribution in [0.2, 0.25) is 0 Å². The molecule has 7 heteroatoms. The molecule has 0 bridgehead atoms. The number of aromatic nitrogens is 1. The van der Waals surface area contributed by atoms with E-state index >= 15 is 0 Å². The Kier molecular flexibility index (Phi) is 4.47. The number of carboxylic acids is 1. The van der Waals surface area contributed by atoms with Gasteiger partial charge in [-0.3, -0.25) is 4.79 Å². The first-order valence-corrected chi connectivity index (χ1v) is 7.61. The van der Waals surface area contributed by atoms with Crippen LogP contribution in [0.4, 0.5) is 0 Å². The zero-order valence-corrected chi connectivity index (χ0v) is 14.2. The molecule has 0 spiro atoms. The summed E-state index contributed by atoms with van der Waals surface area (Å²) in [5.41, 5.74) is -0.355. The first kappa shape index (κ1) is 16.5. The van der Waals surface area contributed by atoms with Crippen molar-refractivity contribution < 1.29 is 19.2 Å². The SMILES string of the molecule is CC1(C)OB(C(CC(=O)O)c2cccc(Br)n2)OC1(C)C. The Labute approximate surface area is 133 Å². The van der Waals surface area contributed by atoms with E-state index in [0.29, 0.717) is 10.3 Å². The molecule has 0 radical (unpaired) electrons. The lowest BCUT2D eigenvalue weighted by molar-refractivity contribution is -0.137. The standard InChI is InChI=1S/C14H19BBrNO4/c1-13(2)14(3,4)21-15(20-13)9(8-12(18)19)10-6-5-7-11(16)17-10/h5-7,9H,8H2,1-4H3,(H,18,19). The molecule has 0 saturated carbocycles. The number of halogens is 1. The quantitative estimate of drug-likeness (QED) is 0.664. The van der Waals surface area contributed by atoms with Crippen molar-refractivity contribution >= 4 is 29.0 Å². The van der Waals surface area contributed by atoms with Gasteiger partial charge in [0, 0.05) is 11.5 Å². The van der Waals surface area contributed by atoms with Gasteiger partial charge in [0.25, 0.3) is 0 Å². The molecule has 0 aromatic carbocycles.